The second-order valence-electron chi connectivity index (χ2n) is 5.13. The molecule has 2 aromatic rings. The van der Waals surface area contributed by atoms with E-state index >= 15 is 0 Å². The minimum atomic E-state index is 0.523. The van der Waals surface area contributed by atoms with Gasteiger partial charge in [-0.05, 0) is 43.0 Å². The molecule has 0 unspecified atom stereocenters. The van der Waals surface area contributed by atoms with E-state index in [2.05, 4.69) is 11.4 Å². The van der Waals surface area contributed by atoms with Crippen LogP contribution >= 0.6 is 11.6 Å². The van der Waals surface area contributed by atoms with E-state index in [1.165, 1.54) is 25.7 Å². The molecule has 0 spiro atoms. The molecule has 0 radical (unpaired) electrons. The molecule has 1 fully saturated rings. The van der Waals surface area contributed by atoms with E-state index in [0.717, 1.165) is 35.5 Å². The van der Waals surface area contributed by atoms with Gasteiger partial charge in [0.15, 0.2) is 5.22 Å². The van der Waals surface area contributed by atoms with Gasteiger partial charge in [-0.25, -0.2) is 0 Å². The summed E-state index contributed by atoms with van der Waals surface area (Å²) in [5.74, 6) is 0.849. The van der Waals surface area contributed by atoms with Crippen LogP contribution in [0.5, 0.6) is 0 Å². The van der Waals surface area contributed by atoms with Crippen molar-refractivity contribution in [1.29, 1.82) is 0 Å². The zero-order valence-electron chi connectivity index (χ0n) is 10.4. The fourth-order valence-corrected chi connectivity index (χ4v) is 3.10. The Morgan fingerprint density at radius 1 is 1.22 bits per heavy atom. The highest BCUT2D eigenvalue weighted by atomic mass is 35.5. The zero-order chi connectivity index (χ0) is 12.4. The standard InChI is InChI=1S/C15H18ClNO/c16-15-13(10-17-9-11-5-1-2-6-11)12-7-3-4-8-14(12)18-15/h3-4,7-8,11,17H,1-2,5-6,9-10H2. The molecule has 1 aromatic heterocycles. The molecule has 1 heterocycles. The highest BCUT2D eigenvalue weighted by Gasteiger charge is 2.16. The molecule has 0 atom stereocenters. The lowest BCUT2D eigenvalue weighted by molar-refractivity contribution is 0.488. The molecule has 18 heavy (non-hydrogen) atoms. The predicted octanol–water partition coefficient (Wildman–Crippen LogP) is 4.37. The normalized spacial score (nSPS) is 16.7. The van der Waals surface area contributed by atoms with Crippen LogP contribution in [0.2, 0.25) is 5.22 Å². The van der Waals surface area contributed by atoms with Crippen LogP contribution in [0.25, 0.3) is 11.0 Å². The van der Waals surface area contributed by atoms with Crippen LogP contribution < -0.4 is 5.32 Å². The van der Waals surface area contributed by atoms with Gasteiger partial charge in [-0.3, -0.25) is 0 Å². The molecule has 3 heteroatoms. The number of rotatable bonds is 4. The Bertz CT molecular complexity index is 528. The molecule has 96 valence electrons. The van der Waals surface area contributed by atoms with E-state index in [0.29, 0.717) is 5.22 Å². The van der Waals surface area contributed by atoms with Gasteiger partial charge >= 0.3 is 0 Å². The number of hydrogen-bond acceptors (Lipinski definition) is 2. The number of benzene rings is 1. The summed E-state index contributed by atoms with van der Waals surface area (Å²) in [5, 5.41) is 5.17. The first-order chi connectivity index (χ1) is 8.84. The molecule has 1 aliphatic carbocycles. The van der Waals surface area contributed by atoms with Gasteiger partial charge in [0.05, 0.1) is 0 Å². The number of furan rings is 1. The molecular weight excluding hydrogens is 246 g/mol. The third kappa shape index (κ3) is 2.40. The van der Waals surface area contributed by atoms with Crippen molar-refractivity contribution in [3.8, 4) is 0 Å². The molecule has 1 aliphatic rings. The van der Waals surface area contributed by atoms with Gasteiger partial charge in [0.2, 0.25) is 0 Å². The first kappa shape index (κ1) is 12.1. The fourth-order valence-electron chi connectivity index (χ4n) is 2.85. The Balaban J connectivity index is 1.68. The van der Waals surface area contributed by atoms with Crippen LogP contribution in [0.4, 0.5) is 0 Å². The zero-order valence-corrected chi connectivity index (χ0v) is 11.2. The maximum Gasteiger partial charge on any atom is 0.199 e. The number of halogens is 1. The molecule has 1 saturated carbocycles. The predicted molar refractivity (Wildman–Crippen MR) is 74.9 cm³/mol. The lowest BCUT2D eigenvalue weighted by Crippen LogP contribution is -2.20. The average Bonchev–Trinajstić information content (AvgIpc) is 2.98. The van der Waals surface area contributed by atoms with Gasteiger partial charge in [0.25, 0.3) is 0 Å². The third-order valence-electron chi connectivity index (χ3n) is 3.86. The van der Waals surface area contributed by atoms with E-state index in [1.807, 2.05) is 18.2 Å². The molecule has 0 saturated heterocycles. The van der Waals surface area contributed by atoms with E-state index in [9.17, 15) is 0 Å². The van der Waals surface area contributed by atoms with Crippen LogP contribution in [-0.4, -0.2) is 6.54 Å². The number of fused-ring (bicyclic) bond motifs is 1. The van der Waals surface area contributed by atoms with E-state index in [1.54, 1.807) is 0 Å². The first-order valence-electron chi connectivity index (χ1n) is 6.71. The largest absolute Gasteiger partial charge is 0.444 e. The van der Waals surface area contributed by atoms with Gasteiger partial charge in [-0.1, -0.05) is 31.0 Å². The Labute approximate surface area is 112 Å². The summed E-state index contributed by atoms with van der Waals surface area (Å²) in [6.45, 7) is 1.89. The fraction of sp³-hybridized carbons (Fsp3) is 0.467. The SMILES string of the molecule is Clc1oc2ccccc2c1CNCC1CCCC1. The molecule has 0 amide bonds. The number of para-hydroxylation sites is 1. The Kier molecular flexibility index (Phi) is 3.57. The van der Waals surface area contributed by atoms with Crippen molar-refractivity contribution in [1.82, 2.24) is 5.32 Å². The molecule has 3 rings (SSSR count). The van der Waals surface area contributed by atoms with Crippen molar-refractivity contribution >= 4 is 22.6 Å². The maximum absolute atomic E-state index is 6.16. The molecule has 1 N–H and O–H groups in total. The second-order valence-corrected chi connectivity index (χ2v) is 5.48. The van der Waals surface area contributed by atoms with Gasteiger partial charge in [-0.2, -0.15) is 0 Å². The average molecular weight is 264 g/mol. The Morgan fingerprint density at radius 2 is 2.00 bits per heavy atom. The molecule has 1 aromatic carbocycles. The van der Waals surface area contributed by atoms with Crippen molar-refractivity contribution in [2.75, 3.05) is 6.54 Å². The molecule has 2 nitrogen and oxygen atoms in total. The van der Waals surface area contributed by atoms with E-state index < -0.39 is 0 Å². The van der Waals surface area contributed by atoms with Crippen LogP contribution in [0.15, 0.2) is 28.7 Å². The van der Waals surface area contributed by atoms with Crippen molar-refractivity contribution < 1.29 is 4.42 Å². The smallest absolute Gasteiger partial charge is 0.199 e. The Morgan fingerprint density at radius 3 is 2.83 bits per heavy atom. The summed E-state index contributed by atoms with van der Waals surface area (Å²) >= 11 is 6.16. The molecule has 0 aliphatic heterocycles. The summed E-state index contributed by atoms with van der Waals surface area (Å²) in [4.78, 5) is 0. The first-order valence-corrected chi connectivity index (χ1v) is 7.09. The monoisotopic (exact) mass is 263 g/mol. The third-order valence-corrected chi connectivity index (χ3v) is 4.16. The lowest BCUT2D eigenvalue weighted by Gasteiger charge is -2.09. The van der Waals surface area contributed by atoms with Crippen molar-refractivity contribution in [2.24, 2.45) is 5.92 Å². The van der Waals surface area contributed by atoms with Crippen LogP contribution in [0.1, 0.15) is 31.2 Å². The number of hydrogen-bond donors (Lipinski definition) is 1. The number of nitrogens with one attached hydrogen (secondary N) is 1. The van der Waals surface area contributed by atoms with Crippen LogP contribution in [0.3, 0.4) is 0 Å². The summed E-state index contributed by atoms with van der Waals surface area (Å²) in [6.07, 6.45) is 5.52. The minimum absolute atomic E-state index is 0.523. The Hall–Kier alpha value is -0.990. The highest BCUT2D eigenvalue weighted by molar-refractivity contribution is 6.30. The van der Waals surface area contributed by atoms with Gasteiger partial charge in [0.1, 0.15) is 5.58 Å². The van der Waals surface area contributed by atoms with Gasteiger partial charge in [0, 0.05) is 17.5 Å². The lowest BCUT2D eigenvalue weighted by atomic mass is 10.1. The summed E-state index contributed by atoms with van der Waals surface area (Å²) in [6, 6.07) is 8.02. The quantitative estimate of drug-likeness (QED) is 0.886. The van der Waals surface area contributed by atoms with Crippen LogP contribution in [-0.2, 0) is 6.54 Å². The van der Waals surface area contributed by atoms with Crippen molar-refractivity contribution in [2.45, 2.75) is 32.2 Å². The topological polar surface area (TPSA) is 25.2 Å². The van der Waals surface area contributed by atoms with Gasteiger partial charge in [-0.15, -0.1) is 0 Å². The molecular formula is C15H18ClNO. The molecule has 0 bridgehead atoms. The minimum Gasteiger partial charge on any atom is -0.444 e. The van der Waals surface area contributed by atoms with Gasteiger partial charge < -0.3 is 9.73 Å². The van der Waals surface area contributed by atoms with Crippen molar-refractivity contribution in [3.63, 3.8) is 0 Å². The summed E-state index contributed by atoms with van der Waals surface area (Å²) in [7, 11) is 0. The maximum atomic E-state index is 6.16. The second kappa shape index (κ2) is 5.33. The van der Waals surface area contributed by atoms with E-state index in [-0.39, 0.29) is 0 Å². The highest BCUT2D eigenvalue weighted by Crippen LogP contribution is 2.29. The summed E-state index contributed by atoms with van der Waals surface area (Å²) in [5.41, 5.74) is 1.96. The summed E-state index contributed by atoms with van der Waals surface area (Å²) < 4.78 is 5.55. The van der Waals surface area contributed by atoms with E-state index in [4.69, 9.17) is 16.0 Å². The van der Waals surface area contributed by atoms with Crippen LogP contribution in [0, 0.1) is 5.92 Å². The van der Waals surface area contributed by atoms with Crippen molar-refractivity contribution in [3.05, 3.63) is 35.0 Å².